The molecule has 0 fully saturated rings. The summed E-state index contributed by atoms with van der Waals surface area (Å²) < 4.78 is 0. The average molecular weight is 496 g/mol. The van der Waals surface area contributed by atoms with E-state index in [1.165, 1.54) is 81.5 Å². The van der Waals surface area contributed by atoms with Crippen LogP contribution < -0.4 is 11.0 Å². The first-order valence-electron chi connectivity index (χ1n) is 13.8. The Morgan fingerprint density at radius 3 is 1.72 bits per heavy atom. The Morgan fingerprint density at radius 1 is 0.436 bits per heavy atom. The van der Waals surface area contributed by atoms with Crippen LogP contribution in [0.5, 0.6) is 0 Å². The average Bonchev–Trinajstić information content (AvgIpc) is 3.50. The summed E-state index contributed by atoms with van der Waals surface area (Å²) in [6, 6.07) is 39.9. The first kappa shape index (κ1) is 21.1. The van der Waals surface area contributed by atoms with Crippen molar-refractivity contribution in [2.45, 2.75) is 12.8 Å². The second kappa shape index (κ2) is 7.58. The lowest BCUT2D eigenvalue weighted by atomic mass is 9.87. The highest BCUT2D eigenvalue weighted by Crippen LogP contribution is 2.53. The van der Waals surface area contributed by atoms with E-state index in [9.17, 15) is 0 Å². The molecule has 8 aromatic rings. The molecule has 1 aliphatic carbocycles. The minimum atomic E-state index is 0.837. The first-order valence-corrected chi connectivity index (χ1v) is 13.8. The number of rotatable bonds is 2. The van der Waals surface area contributed by atoms with Gasteiger partial charge in [0.1, 0.15) is 0 Å². The Balaban J connectivity index is 1.72. The molecule has 0 bridgehead atoms. The molecule has 0 saturated carbocycles. The fourth-order valence-electron chi connectivity index (χ4n) is 7.50. The predicted octanol–water partition coefficient (Wildman–Crippen LogP) is 9.25. The number of fused-ring (bicyclic) bond motifs is 6. The zero-order valence-corrected chi connectivity index (χ0v) is 21.5. The molecule has 9 rings (SSSR count). The van der Waals surface area contributed by atoms with E-state index in [-0.39, 0.29) is 0 Å². The summed E-state index contributed by atoms with van der Waals surface area (Å²) in [5, 5.41) is 14.6. The molecule has 182 valence electrons. The zero-order valence-electron chi connectivity index (χ0n) is 21.5. The molecule has 0 unspecified atom stereocenters. The number of hydrogen-bond donors (Lipinski definition) is 1. The van der Waals surface area contributed by atoms with Crippen molar-refractivity contribution in [1.29, 1.82) is 0 Å². The van der Waals surface area contributed by atoms with E-state index in [4.69, 9.17) is 5.73 Å². The molecule has 1 aliphatic rings. The number of benzene rings is 6. The molecule has 1 nitrogen and oxygen atoms in total. The summed E-state index contributed by atoms with van der Waals surface area (Å²) in [6.07, 6.45) is 4.67. The summed E-state index contributed by atoms with van der Waals surface area (Å²) in [6.45, 7) is 0. The lowest BCUT2D eigenvalue weighted by Crippen LogP contribution is -2.07. The van der Waals surface area contributed by atoms with Crippen molar-refractivity contribution < 1.29 is 0 Å². The molecule has 0 aliphatic heterocycles. The third-order valence-electron chi connectivity index (χ3n) is 8.96. The van der Waals surface area contributed by atoms with E-state index in [0.29, 0.717) is 0 Å². The highest BCUT2D eigenvalue weighted by molar-refractivity contribution is 6.43. The predicted molar refractivity (Wildman–Crippen MR) is 168 cm³/mol. The Morgan fingerprint density at radius 2 is 1.00 bits per heavy atom. The molecule has 0 radical (unpaired) electrons. The normalized spacial score (nSPS) is 13.2. The van der Waals surface area contributed by atoms with Crippen LogP contribution in [0.3, 0.4) is 0 Å². The van der Waals surface area contributed by atoms with Crippen LogP contribution in [0.2, 0.25) is 0 Å². The van der Waals surface area contributed by atoms with Crippen LogP contribution in [0, 0.1) is 0 Å². The molecule has 0 saturated heterocycles. The summed E-state index contributed by atoms with van der Waals surface area (Å²) in [7, 11) is 0. The van der Waals surface area contributed by atoms with Gasteiger partial charge in [-0.15, -0.1) is 0 Å². The summed E-state index contributed by atoms with van der Waals surface area (Å²) >= 11 is 0. The van der Waals surface area contributed by atoms with Gasteiger partial charge < -0.3 is 5.73 Å². The summed E-state index contributed by atoms with van der Waals surface area (Å²) in [5.74, 6) is 0. The first-order chi connectivity index (χ1) is 19.3. The molecule has 2 N–H and O–H groups in total. The SMILES string of the molecule is Nc1ccc2c3c(-c4ccccc4)c4c(c(-c5ccccc5)c3c3cccc1c32)c1c2c(cccc24)CCC=1. The van der Waals surface area contributed by atoms with Crippen LogP contribution in [0.15, 0.2) is 109 Å². The van der Waals surface area contributed by atoms with E-state index in [2.05, 4.69) is 115 Å². The fraction of sp³-hybridized carbons (Fsp3) is 0.0526. The van der Waals surface area contributed by atoms with Crippen LogP contribution >= 0.6 is 0 Å². The van der Waals surface area contributed by atoms with Crippen molar-refractivity contribution in [3.63, 3.8) is 0 Å². The van der Waals surface area contributed by atoms with Crippen molar-refractivity contribution in [3.05, 3.63) is 120 Å². The van der Waals surface area contributed by atoms with Gasteiger partial charge in [0.25, 0.3) is 0 Å². The van der Waals surface area contributed by atoms with Gasteiger partial charge in [-0.2, -0.15) is 0 Å². The van der Waals surface area contributed by atoms with Crippen molar-refractivity contribution in [2.75, 3.05) is 5.73 Å². The van der Waals surface area contributed by atoms with Gasteiger partial charge in [-0.3, -0.25) is 0 Å². The topological polar surface area (TPSA) is 26.0 Å². The molecule has 8 aromatic carbocycles. The van der Waals surface area contributed by atoms with Gasteiger partial charge in [-0.05, 0) is 100 Å². The molecule has 0 spiro atoms. The van der Waals surface area contributed by atoms with E-state index < -0.39 is 0 Å². The maximum atomic E-state index is 6.57. The number of nitrogens with two attached hydrogens (primary N) is 1. The summed E-state index contributed by atoms with van der Waals surface area (Å²) in [4.78, 5) is 0. The second-order valence-electron chi connectivity index (χ2n) is 10.9. The van der Waals surface area contributed by atoms with Gasteiger partial charge in [0, 0.05) is 11.1 Å². The molecule has 0 aromatic heterocycles. The zero-order chi connectivity index (χ0) is 25.7. The van der Waals surface area contributed by atoms with Gasteiger partial charge in [-0.25, -0.2) is 0 Å². The van der Waals surface area contributed by atoms with E-state index in [0.717, 1.165) is 23.9 Å². The van der Waals surface area contributed by atoms with Gasteiger partial charge >= 0.3 is 0 Å². The Labute approximate surface area is 226 Å². The smallest absolute Gasteiger partial charge is 0.0394 e. The van der Waals surface area contributed by atoms with Crippen LogP contribution in [-0.2, 0) is 6.42 Å². The third kappa shape index (κ3) is 2.65. The van der Waals surface area contributed by atoms with E-state index in [1.54, 1.807) is 0 Å². The van der Waals surface area contributed by atoms with E-state index >= 15 is 0 Å². The maximum Gasteiger partial charge on any atom is 0.0394 e. The van der Waals surface area contributed by atoms with Crippen molar-refractivity contribution in [2.24, 2.45) is 0 Å². The number of hydrogen-bond acceptors (Lipinski definition) is 1. The van der Waals surface area contributed by atoms with Crippen LogP contribution in [0.4, 0.5) is 5.69 Å². The van der Waals surface area contributed by atoms with Gasteiger partial charge in [0.05, 0.1) is 0 Å². The minimum Gasteiger partial charge on any atom is -0.398 e. The van der Waals surface area contributed by atoms with Crippen molar-refractivity contribution in [1.82, 2.24) is 0 Å². The lowest BCUT2D eigenvalue weighted by Gasteiger charge is -2.15. The second-order valence-corrected chi connectivity index (χ2v) is 10.9. The monoisotopic (exact) mass is 495 g/mol. The number of nitrogen functional groups attached to an aromatic ring is 1. The molecule has 1 heteroatoms. The standard InChI is InChI=1S/C38H25N/c39-30-21-20-29-34-25(30)16-9-19-28(34)37-32(23-10-3-1-4-11-23)35-26-17-7-14-22-15-8-18-27(31(22)26)36(35)33(38(29)37)24-12-5-2-6-13-24/h1-6,8-13,15-21H,7,14,39H2. The molecular weight excluding hydrogens is 470 g/mol. The fourth-order valence-corrected chi connectivity index (χ4v) is 7.50. The molecule has 0 heterocycles. The third-order valence-corrected chi connectivity index (χ3v) is 8.96. The summed E-state index contributed by atoms with van der Waals surface area (Å²) in [5.41, 5.74) is 14.1. The molecular formula is C38H25N. The highest BCUT2D eigenvalue weighted by atomic mass is 14.5. The van der Waals surface area contributed by atoms with Gasteiger partial charge in [-0.1, -0.05) is 109 Å². The molecule has 0 amide bonds. The van der Waals surface area contributed by atoms with Crippen LogP contribution in [0.25, 0.3) is 82.2 Å². The van der Waals surface area contributed by atoms with E-state index in [1.807, 2.05) is 0 Å². The van der Waals surface area contributed by atoms with Crippen molar-refractivity contribution in [3.8, 4) is 22.3 Å². The highest BCUT2D eigenvalue weighted by Gasteiger charge is 2.27. The minimum absolute atomic E-state index is 0.837. The lowest BCUT2D eigenvalue weighted by molar-refractivity contribution is 1.04. The number of aryl methyl sites for hydroxylation is 1. The Bertz CT molecular complexity index is 2310. The van der Waals surface area contributed by atoms with Crippen LogP contribution in [0.1, 0.15) is 12.0 Å². The van der Waals surface area contributed by atoms with Crippen LogP contribution in [-0.4, -0.2) is 0 Å². The van der Waals surface area contributed by atoms with Gasteiger partial charge in [0.2, 0.25) is 0 Å². The molecule has 39 heavy (non-hydrogen) atoms. The largest absolute Gasteiger partial charge is 0.398 e. The maximum absolute atomic E-state index is 6.57. The van der Waals surface area contributed by atoms with Crippen molar-refractivity contribution >= 4 is 65.6 Å². The van der Waals surface area contributed by atoms with Gasteiger partial charge in [0.15, 0.2) is 0 Å². The molecule has 0 atom stereocenters. The Kier molecular flexibility index (Phi) is 4.10. The quantitative estimate of drug-likeness (QED) is 0.238. The number of anilines is 1. The Hall–Kier alpha value is -4.88.